The highest BCUT2D eigenvalue weighted by molar-refractivity contribution is 6.34. The molecule has 2 amide bonds. The number of nitrogens with zero attached hydrogens (tertiary/aromatic N) is 3. The van der Waals surface area contributed by atoms with Gasteiger partial charge in [0.2, 0.25) is 11.8 Å². The van der Waals surface area contributed by atoms with Crippen molar-refractivity contribution >= 4 is 46.4 Å². The zero-order valence-electron chi connectivity index (χ0n) is 18.7. The second-order valence-corrected chi connectivity index (χ2v) is 9.27. The summed E-state index contributed by atoms with van der Waals surface area (Å²) < 4.78 is 15.0. The first-order valence-corrected chi connectivity index (χ1v) is 11.8. The van der Waals surface area contributed by atoms with E-state index in [2.05, 4.69) is 10.5 Å². The van der Waals surface area contributed by atoms with Crippen molar-refractivity contribution in [3.05, 3.63) is 63.4 Å². The molecule has 2 heterocycles. The van der Waals surface area contributed by atoms with Crippen molar-refractivity contribution in [3.8, 4) is 0 Å². The molecule has 34 heavy (non-hydrogen) atoms. The van der Waals surface area contributed by atoms with Crippen molar-refractivity contribution in [3.63, 3.8) is 0 Å². The third-order valence-electron chi connectivity index (χ3n) is 5.84. The lowest BCUT2D eigenvalue weighted by Gasteiger charge is -2.36. The van der Waals surface area contributed by atoms with Gasteiger partial charge in [-0.05, 0) is 35.9 Å². The molecule has 1 saturated heterocycles. The van der Waals surface area contributed by atoms with Gasteiger partial charge in [0.25, 0.3) is 0 Å². The number of anilines is 1. The Kier molecular flexibility index (Phi) is 7.58. The van der Waals surface area contributed by atoms with E-state index in [1.165, 1.54) is 13.0 Å². The Bertz CT molecular complexity index is 1100. The molecule has 1 atom stereocenters. The van der Waals surface area contributed by atoms with E-state index < -0.39 is 0 Å². The van der Waals surface area contributed by atoms with Crippen LogP contribution in [0, 0.1) is 5.82 Å². The summed E-state index contributed by atoms with van der Waals surface area (Å²) in [5.74, 6) is -0.496. The largest absolute Gasteiger partial charge is 0.390 e. The molecule has 4 rings (SSSR count). The molecule has 2 aliphatic heterocycles. The molecule has 0 radical (unpaired) electrons. The van der Waals surface area contributed by atoms with Gasteiger partial charge in [-0.25, -0.2) is 4.39 Å². The molecule has 2 aromatic rings. The number of carbonyl (C=O) groups is 2. The number of amides is 2. The molecule has 0 saturated carbocycles. The Morgan fingerprint density at radius 3 is 2.47 bits per heavy atom. The van der Waals surface area contributed by atoms with E-state index in [0.29, 0.717) is 66.2 Å². The molecule has 0 aliphatic carbocycles. The Labute approximate surface area is 207 Å². The summed E-state index contributed by atoms with van der Waals surface area (Å²) in [7, 11) is 0. The molecule has 1 N–H and O–H groups in total. The summed E-state index contributed by atoms with van der Waals surface area (Å²) in [5, 5.41) is 7.74. The van der Waals surface area contributed by atoms with Crippen molar-refractivity contribution in [2.45, 2.75) is 25.9 Å². The van der Waals surface area contributed by atoms with E-state index in [1.807, 2.05) is 11.0 Å². The number of nitrogens with one attached hydrogen (secondary N) is 1. The third-order valence-corrected chi connectivity index (χ3v) is 6.28. The van der Waals surface area contributed by atoms with Crippen LogP contribution in [0.1, 0.15) is 24.5 Å². The summed E-state index contributed by atoms with van der Waals surface area (Å²) in [6, 6.07) is 10.1. The third kappa shape index (κ3) is 5.98. The summed E-state index contributed by atoms with van der Waals surface area (Å²) in [6.07, 6.45) is 0.462. The highest BCUT2D eigenvalue weighted by Crippen LogP contribution is 2.25. The first-order valence-electron chi connectivity index (χ1n) is 11.0. The molecule has 2 aromatic carbocycles. The smallest absolute Gasteiger partial charge is 0.227 e. The van der Waals surface area contributed by atoms with Gasteiger partial charge in [0.15, 0.2) is 0 Å². The minimum absolute atomic E-state index is 0.0122. The quantitative estimate of drug-likeness (QED) is 0.648. The molecular weight excluding hydrogens is 482 g/mol. The SMILES string of the molecule is CC(=O)NCC1CC(c2ccc(N3CCN(C(=O)Cc4cc(Cl)cc(Cl)c4)CC3)c(F)c2)=NO1. The average molecular weight is 507 g/mol. The van der Waals surface area contributed by atoms with Crippen LogP contribution in [0.25, 0.3) is 0 Å². The zero-order chi connectivity index (χ0) is 24.2. The fraction of sp³-hybridized carbons (Fsp3) is 0.375. The van der Waals surface area contributed by atoms with Crippen molar-refractivity contribution in [1.82, 2.24) is 10.2 Å². The summed E-state index contributed by atoms with van der Waals surface area (Å²) in [6.45, 7) is 3.85. The fourth-order valence-corrected chi connectivity index (χ4v) is 4.68. The standard InChI is InChI=1S/C24H25Cl2FN4O3/c1-15(32)28-14-20-13-22(29-34-20)17-2-3-23(21(27)11-17)30-4-6-31(7-5-30)24(33)10-16-8-18(25)12-19(26)9-16/h2-3,8-9,11-12,20H,4-7,10,13-14H2,1H3,(H,28,32). The predicted molar refractivity (Wildman–Crippen MR) is 130 cm³/mol. The Morgan fingerprint density at radius 2 is 1.82 bits per heavy atom. The average Bonchev–Trinajstić information content (AvgIpc) is 3.26. The first kappa shape index (κ1) is 24.3. The summed E-state index contributed by atoms with van der Waals surface area (Å²) in [5.41, 5.74) is 2.56. The van der Waals surface area contributed by atoms with Crippen LogP contribution in [0.3, 0.4) is 0 Å². The number of rotatable bonds is 6. The van der Waals surface area contributed by atoms with Crippen molar-refractivity contribution < 1.29 is 18.8 Å². The van der Waals surface area contributed by atoms with Crippen molar-refractivity contribution in [1.29, 1.82) is 0 Å². The van der Waals surface area contributed by atoms with Crippen molar-refractivity contribution in [2.75, 3.05) is 37.6 Å². The Balaban J connectivity index is 1.32. The Morgan fingerprint density at radius 1 is 1.12 bits per heavy atom. The van der Waals surface area contributed by atoms with E-state index in [1.54, 1.807) is 29.2 Å². The predicted octanol–water partition coefficient (Wildman–Crippen LogP) is 3.65. The van der Waals surface area contributed by atoms with E-state index in [9.17, 15) is 14.0 Å². The fourth-order valence-electron chi connectivity index (χ4n) is 4.10. The van der Waals surface area contributed by atoms with Gasteiger partial charge in [-0.15, -0.1) is 0 Å². The van der Waals surface area contributed by atoms with E-state index in [0.717, 1.165) is 5.56 Å². The number of carbonyl (C=O) groups excluding carboxylic acids is 2. The summed E-state index contributed by atoms with van der Waals surface area (Å²) in [4.78, 5) is 32.8. The lowest BCUT2D eigenvalue weighted by Crippen LogP contribution is -2.49. The molecule has 0 spiro atoms. The van der Waals surface area contributed by atoms with Gasteiger partial charge in [0.1, 0.15) is 11.9 Å². The second kappa shape index (κ2) is 10.6. The molecular formula is C24H25Cl2FN4O3. The van der Waals surface area contributed by atoms with Crippen LogP contribution in [0.4, 0.5) is 10.1 Å². The normalized spacial score (nSPS) is 17.9. The van der Waals surface area contributed by atoms with Crippen LogP contribution in [0.2, 0.25) is 10.0 Å². The number of hydrogen-bond acceptors (Lipinski definition) is 5. The van der Waals surface area contributed by atoms with Crippen LogP contribution in [0.15, 0.2) is 41.6 Å². The van der Waals surface area contributed by atoms with Crippen LogP contribution >= 0.6 is 23.2 Å². The number of hydrogen-bond donors (Lipinski definition) is 1. The first-order chi connectivity index (χ1) is 16.3. The molecule has 10 heteroatoms. The van der Waals surface area contributed by atoms with Gasteiger partial charge in [-0.2, -0.15) is 0 Å². The maximum absolute atomic E-state index is 15.0. The molecule has 180 valence electrons. The minimum atomic E-state index is -0.348. The maximum Gasteiger partial charge on any atom is 0.227 e. The van der Waals surface area contributed by atoms with Gasteiger partial charge in [0.05, 0.1) is 24.4 Å². The van der Waals surface area contributed by atoms with Gasteiger partial charge < -0.3 is 20.0 Å². The van der Waals surface area contributed by atoms with Crippen LogP contribution in [-0.4, -0.2) is 61.3 Å². The van der Waals surface area contributed by atoms with Crippen LogP contribution in [0.5, 0.6) is 0 Å². The number of oxime groups is 1. The second-order valence-electron chi connectivity index (χ2n) is 8.40. The monoisotopic (exact) mass is 506 g/mol. The van der Waals surface area contributed by atoms with Gasteiger partial charge in [-0.1, -0.05) is 34.4 Å². The zero-order valence-corrected chi connectivity index (χ0v) is 20.2. The minimum Gasteiger partial charge on any atom is -0.390 e. The van der Waals surface area contributed by atoms with E-state index in [4.69, 9.17) is 28.0 Å². The molecule has 7 nitrogen and oxygen atoms in total. The number of halogens is 3. The van der Waals surface area contributed by atoms with E-state index >= 15 is 0 Å². The van der Waals surface area contributed by atoms with Crippen LogP contribution in [-0.2, 0) is 20.8 Å². The maximum atomic E-state index is 15.0. The van der Waals surface area contributed by atoms with Crippen molar-refractivity contribution in [2.24, 2.45) is 5.16 Å². The number of benzene rings is 2. The summed E-state index contributed by atoms with van der Waals surface area (Å²) >= 11 is 12.1. The lowest BCUT2D eigenvalue weighted by molar-refractivity contribution is -0.130. The Hall–Kier alpha value is -2.84. The molecule has 2 aliphatic rings. The highest BCUT2D eigenvalue weighted by Gasteiger charge is 2.26. The van der Waals surface area contributed by atoms with Gasteiger partial charge >= 0.3 is 0 Å². The topological polar surface area (TPSA) is 74.2 Å². The van der Waals surface area contributed by atoms with Crippen LogP contribution < -0.4 is 10.2 Å². The molecule has 1 fully saturated rings. The number of piperazine rings is 1. The van der Waals surface area contributed by atoms with Gasteiger partial charge in [-0.3, -0.25) is 9.59 Å². The highest BCUT2D eigenvalue weighted by atomic mass is 35.5. The molecule has 0 aromatic heterocycles. The lowest BCUT2D eigenvalue weighted by atomic mass is 10.0. The van der Waals surface area contributed by atoms with Gasteiger partial charge in [0, 0.05) is 55.1 Å². The molecule has 0 bridgehead atoms. The molecule has 1 unspecified atom stereocenters. The van der Waals surface area contributed by atoms with E-state index in [-0.39, 0.29) is 30.2 Å².